The van der Waals surface area contributed by atoms with E-state index in [4.69, 9.17) is 4.74 Å². The Balaban J connectivity index is 2.41. The van der Waals surface area contributed by atoms with E-state index < -0.39 is 0 Å². The minimum Gasteiger partial charge on any atom is -0.458 e. The van der Waals surface area contributed by atoms with E-state index in [9.17, 15) is 4.79 Å². The minimum atomic E-state index is -0.287. The summed E-state index contributed by atoms with van der Waals surface area (Å²) < 4.78 is 5.21. The first-order valence-electron chi connectivity index (χ1n) is 6.73. The van der Waals surface area contributed by atoms with Crippen LogP contribution >= 0.6 is 0 Å². The predicted molar refractivity (Wildman–Crippen MR) is 77.5 cm³/mol. The van der Waals surface area contributed by atoms with Gasteiger partial charge in [0.1, 0.15) is 6.61 Å². The molecule has 0 unspecified atom stereocenters. The van der Waals surface area contributed by atoms with Crippen molar-refractivity contribution >= 4 is 5.97 Å². The van der Waals surface area contributed by atoms with Crippen LogP contribution in [0.5, 0.6) is 0 Å². The van der Waals surface area contributed by atoms with Crippen LogP contribution < -0.4 is 0 Å². The van der Waals surface area contributed by atoms with Crippen LogP contribution in [-0.4, -0.2) is 24.5 Å². The highest BCUT2D eigenvalue weighted by Gasteiger charge is 2.04. The number of unbranched alkanes of at least 4 members (excludes halogenated alkanes) is 1. The summed E-state index contributed by atoms with van der Waals surface area (Å²) in [4.78, 5) is 13.8. The predicted octanol–water partition coefficient (Wildman–Crippen LogP) is 3.37. The van der Waals surface area contributed by atoms with Gasteiger partial charge in [-0.2, -0.15) is 0 Å². The summed E-state index contributed by atoms with van der Waals surface area (Å²) in [5.41, 5.74) is 1.94. The molecule has 0 atom stereocenters. The summed E-state index contributed by atoms with van der Waals surface area (Å²) in [6.45, 7) is 5.37. The van der Waals surface area contributed by atoms with Gasteiger partial charge < -0.3 is 9.64 Å². The minimum absolute atomic E-state index is 0.287. The highest BCUT2D eigenvalue weighted by Crippen LogP contribution is 2.05. The fourth-order valence-corrected chi connectivity index (χ4v) is 1.62. The molecule has 104 valence electrons. The van der Waals surface area contributed by atoms with E-state index in [0.29, 0.717) is 6.61 Å². The van der Waals surface area contributed by atoms with Crippen LogP contribution in [0.15, 0.2) is 42.1 Å². The van der Waals surface area contributed by atoms with Crippen LogP contribution in [-0.2, 0) is 16.1 Å². The number of benzene rings is 1. The Labute approximate surface area is 115 Å². The van der Waals surface area contributed by atoms with Gasteiger partial charge in [-0.05, 0) is 18.9 Å². The van der Waals surface area contributed by atoms with Crippen molar-refractivity contribution in [3.8, 4) is 0 Å². The molecular formula is C16H23NO2. The van der Waals surface area contributed by atoms with Crippen molar-refractivity contribution in [2.75, 3.05) is 13.6 Å². The quantitative estimate of drug-likeness (QED) is 0.557. The molecule has 0 spiro atoms. The number of carbonyl (C=O) groups excluding carboxylic acids is 1. The van der Waals surface area contributed by atoms with E-state index in [2.05, 4.69) is 11.8 Å². The molecule has 0 amide bonds. The zero-order chi connectivity index (χ0) is 14.1. The van der Waals surface area contributed by atoms with E-state index in [1.54, 1.807) is 6.08 Å². The zero-order valence-electron chi connectivity index (χ0n) is 12.1. The van der Waals surface area contributed by atoms with Crippen LogP contribution in [0.25, 0.3) is 0 Å². The second kappa shape index (κ2) is 8.35. The second-order valence-corrected chi connectivity index (χ2v) is 4.65. The summed E-state index contributed by atoms with van der Waals surface area (Å²) in [7, 11) is 1.99. The lowest BCUT2D eigenvalue weighted by Gasteiger charge is -2.19. The third kappa shape index (κ3) is 6.09. The molecule has 1 aromatic carbocycles. The lowest BCUT2D eigenvalue weighted by molar-refractivity contribution is -0.139. The number of hydrogen-bond acceptors (Lipinski definition) is 3. The maximum Gasteiger partial charge on any atom is 0.332 e. The molecule has 0 fully saturated rings. The van der Waals surface area contributed by atoms with Gasteiger partial charge in [0.2, 0.25) is 0 Å². The maximum atomic E-state index is 11.7. The van der Waals surface area contributed by atoms with E-state index in [1.165, 1.54) is 0 Å². The first-order chi connectivity index (χ1) is 9.13. The molecule has 1 aromatic rings. The largest absolute Gasteiger partial charge is 0.458 e. The molecule has 0 aliphatic rings. The monoisotopic (exact) mass is 261 g/mol. The number of allylic oxidation sites excluding steroid dienone is 1. The summed E-state index contributed by atoms with van der Waals surface area (Å²) >= 11 is 0. The van der Waals surface area contributed by atoms with Crippen LogP contribution in [0.2, 0.25) is 0 Å². The zero-order valence-corrected chi connectivity index (χ0v) is 12.1. The number of nitrogens with zero attached hydrogens (tertiary/aromatic N) is 1. The molecule has 3 heteroatoms. The molecule has 0 saturated carbocycles. The molecule has 19 heavy (non-hydrogen) atoms. The average molecular weight is 261 g/mol. The molecular weight excluding hydrogens is 238 g/mol. The topological polar surface area (TPSA) is 29.5 Å². The van der Waals surface area contributed by atoms with Gasteiger partial charge in [0.05, 0.1) is 0 Å². The molecule has 0 bridgehead atoms. The number of rotatable bonds is 7. The van der Waals surface area contributed by atoms with Crippen LogP contribution in [0.3, 0.4) is 0 Å². The summed E-state index contributed by atoms with van der Waals surface area (Å²) in [5.74, 6) is -0.287. The van der Waals surface area contributed by atoms with Crippen molar-refractivity contribution in [3.05, 3.63) is 47.7 Å². The fourth-order valence-electron chi connectivity index (χ4n) is 1.62. The van der Waals surface area contributed by atoms with Gasteiger partial charge in [0.25, 0.3) is 0 Å². The molecule has 0 N–H and O–H groups in total. The Hall–Kier alpha value is -1.77. The van der Waals surface area contributed by atoms with Crippen LogP contribution in [0.4, 0.5) is 0 Å². The highest BCUT2D eigenvalue weighted by molar-refractivity contribution is 5.82. The summed E-state index contributed by atoms with van der Waals surface area (Å²) in [6.07, 6.45) is 3.83. The van der Waals surface area contributed by atoms with E-state index in [-0.39, 0.29) is 5.97 Å². The van der Waals surface area contributed by atoms with Gasteiger partial charge in [0.15, 0.2) is 0 Å². The van der Waals surface area contributed by atoms with Crippen molar-refractivity contribution in [2.45, 2.75) is 33.3 Å². The maximum absolute atomic E-state index is 11.7. The van der Waals surface area contributed by atoms with Crippen molar-refractivity contribution < 1.29 is 9.53 Å². The molecule has 0 radical (unpaired) electrons. The van der Waals surface area contributed by atoms with Crippen molar-refractivity contribution in [1.82, 2.24) is 4.90 Å². The van der Waals surface area contributed by atoms with E-state index >= 15 is 0 Å². The van der Waals surface area contributed by atoms with Gasteiger partial charge in [-0.25, -0.2) is 4.79 Å². The number of ether oxygens (including phenoxy) is 1. The molecule has 3 nitrogen and oxygen atoms in total. The SMILES string of the molecule is CCCCN(C)/C(C)=C/C(=O)OCc1ccccc1. The third-order valence-electron chi connectivity index (χ3n) is 3.00. The van der Waals surface area contributed by atoms with E-state index in [0.717, 1.165) is 30.6 Å². The van der Waals surface area contributed by atoms with Gasteiger partial charge in [0, 0.05) is 25.4 Å². The number of hydrogen-bond donors (Lipinski definition) is 0. The Morgan fingerprint density at radius 1 is 1.32 bits per heavy atom. The van der Waals surface area contributed by atoms with Gasteiger partial charge >= 0.3 is 5.97 Å². The van der Waals surface area contributed by atoms with Gasteiger partial charge in [-0.3, -0.25) is 0 Å². The molecule has 0 saturated heterocycles. The van der Waals surface area contributed by atoms with Crippen molar-refractivity contribution in [2.24, 2.45) is 0 Å². The number of esters is 1. The molecule has 0 aliphatic carbocycles. The standard InChI is InChI=1S/C16H23NO2/c1-4-5-11-17(3)14(2)12-16(18)19-13-15-9-7-6-8-10-15/h6-10,12H,4-5,11,13H2,1-3H3/b14-12+. The Morgan fingerprint density at radius 3 is 2.63 bits per heavy atom. The van der Waals surface area contributed by atoms with Gasteiger partial charge in [-0.1, -0.05) is 43.7 Å². The van der Waals surface area contributed by atoms with Crippen LogP contribution in [0, 0.1) is 0 Å². The molecule has 0 heterocycles. The number of carbonyl (C=O) groups is 1. The van der Waals surface area contributed by atoms with Crippen LogP contribution in [0.1, 0.15) is 32.3 Å². The highest BCUT2D eigenvalue weighted by atomic mass is 16.5. The van der Waals surface area contributed by atoms with E-state index in [1.807, 2.05) is 44.3 Å². The first-order valence-corrected chi connectivity index (χ1v) is 6.73. The normalized spacial score (nSPS) is 11.2. The molecule has 1 rings (SSSR count). The lowest BCUT2D eigenvalue weighted by Crippen LogP contribution is -2.18. The molecule has 0 aliphatic heterocycles. The fraction of sp³-hybridized carbons (Fsp3) is 0.438. The summed E-state index contributed by atoms with van der Waals surface area (Å²) in [5, 5.41) is 0. The molecule has 0 aromatic heterocycles. The Morgan fingerprint density at radius 2 is 2.00 bits per heavy atom. The lowest BCUT2D eigenvalue weighted by atomic mass is 10.2. The Kier molecular flexibility index (Phi) is 6.72. The van der Waals surface area contributed by atoms with Crippen molar-refractivity contribution in [3.63, 3.8) is 0 Å². The first kappa shape index (κ1) is 15.3. The van der Waals surface area contributed by atoms with Gasteiger partial charge in [-0.15, -0.1) is 0 Å². The average Bonchev–Trinajstić information content (AvgIpc) is 2.43. The smallest absolute Gasteiger partial charge is 0.332 e. The van der Waals surface area contributed by atoms with Crippen molar-refractivity contribution in [1.29, 1.82) is 0 Å². The third-order valence-corrected chi connectivity index (χ3v) is 3.00. The Bertz CT molecular complexity index is 412. The summed E-state index contributed by atoms with van der Waals surface area (Å²) in [6, 6.07) is 9.69. The second-order valence-electron chi connectivity index (χ2n) is 4.65.